The van der Waals surface area contributed by atoms with Crippen LogP contribution < -0.4 is 9.62 Å². The van der Waals surface area contributed by atoms with Crippen LogP contribution in [0, 0.1) is 20.8 Å². The summed E-state index contributed by atoms with van der Waals surface area (Å²) in [6.45, 7) is 11.0. The Morgan fingerprint density at radius 3 is 2.24 bits per heavy atom. The van der Waals surface area contributed by atoms with Gasteiger partial charge in [-0.2, -0.15) is 0 Å². The van der Waals surface area contributed by atoms with E-state index in [4.69, 9.17) is 0 Å². The minimum atomic E-state index is -3.75. The molecule has 0 heterocycles. The molecule has 0 saturated heterocycles. The molecule has 2 aromatic rings. The molecule has 0 unspecified atom stereocenters. The summed E-state index contributed by atoms with van der Waals surface area (Å²) in [4.78, 5) is 28.0. The Morgan fingerprint density at radius 2 is 1.65 bits per heavy atom. The Morgan fingerprint density at radius 1 is 1.00 bits per heavy atom. The molecular formula is C26H37N3O4S. The highest BCUT2D eigenvalue weighted by Gasteiger charge is 2.31. The first-order chi connectivity index (χ1) is 15.8. The van der Waals surface area contributed by atoms with E-state index in [1.165, 1.54) is 4.90 Å². The van der Waals surface area contributed by atoms with Gasteiger partial charge in [0.1, 0.15) is 12.6 Å². The number of nitrogens with one attached hydrogen (secondary N) is 1. The van der Waals surface area contributed by atoms with Crippen LogP contribution in [0.25, 0.3) is 0 Å². The van der Waals surface area contributed by atoms with Crippen molar-refractivity contribution < 1.29 is 18.0 Å². The van der Waals surface area contributed by atoms with Crippen molar-refractivity contribution in [3.05, 3.63) is 64.7 Å². The first-order valence-electron chi connectivity index (χ1n) is 11.5. The van der Waals surface area contributed by atoms with Crippen LogP contribution in [0.15, 0.2) is 42.5 Å². The molecule has 8 heteroatoms. The van der Waals surface area contributed by atoms with Gasteiger partial charge < -0.3 is 10.2 Å². The highest BCUT2D eigenvalue weighted by Crippen LogP contribution is 2.25. The average Bonchev–Trinajstić information content (AvgIpc) is 2.77. The summed E-state index contributed by atoms with van der Waals surface area (Å²) in [7, 11) is -3.75. The molecule has 2 amide bonds. The lowest BCUT2D eigenvalue weighted by Gasteiger charge is -2.32. The molecule has 7 nitrogen and oxygen atoms in total. The van der Waals surface area contributed by atoms with E-state index >= 15 is 0 Å². The zero-order valence-corrected chi connectivity index (χ0v) is 22.1. The summed E-state index contributed by atoms with van der Waals surface area (Å²) in [5.41, 5.74) is 3.99. The van der Waals surface area contributed by atoms with Crippen LogP contribution in [0.5, 0.6) is 0 Å². The van der Waals surface area contributed by atoms with Crippen LogP contribution in [0.2, 0.25) is 0 Å². The number of benzene rings is 2. The van der Waals surface area contributed by atoms with Crippen molar-refractivity contribution in [2.45, 2.75) is 66.6 Å². The molecule has 0 radical (unpaired) electrons. The van der Waals surface area contributed by atoms with Gasteiger partial charge in [0.05, 0.1) is 11.9 Å². The lowest BCUT2D eigenvalue weighted by Crippen LogP contribution is -2.52. The molecule has 0 saturated carbocycles. The largest absolute Gasteiger partial charge is 0.352 e. The SMILES string of the molecule is CC[C@H](C)NC(=O)[C@H](C)N(Cc1ccccc1C)C(=O)CN(c1cc(C)ccc1C)S(C)(=O)=O. The average molecular weight is 488 g/mol. The zero-order chi connectivity index (χ0) is 25.6. The fourth-order valence-electron chi connectivity index (χ4n) is 3.60. The molecule has 2 rings (SSSR count). The predicted octanol–water partition coefficient (Wildman–Crippen LogP) is 3.71. The quantitative estimate of drug-likeness (QED) is 0.554. The fraction of sp³-hybridized carbons (Fsp3) is 0.462. The Hall–Kier alpha value is -2.87. The van der Waals surface area contributed by atoms with Gasteiger partial charge in [-0.15, -0.1) is 0 Å². The van der Waals surface area contributed by atoms with E-state index in [1.54, 1.807) is 13.0 Å². The Labute approximate surface area is 204 Å². The maximum atomic E-state index is 13.6. The van der Waals surface area contributed by atoms with E-state index in [2.05, 4.69) is 5.32 Å². The van der Waals surface area contributed by atoms with Crippen LogP contribution in [0.1, 0.15) is 49.4 Å². The van der Waals surface area contributed by atoms with Crippen molar-refractivity contribution in [2.75, 3.05) is 17.1 Å². The second-order valence-electron chi connectivity index (χ2n) is 9.00. The van der Waals surface area contributed by atoms with Gasteiger partial charge in [0.15, 0.2) is 0 Å². The third-order valence-electron chi connectivity index (χ3n) is 6.08. The number of rotatable bonds is 10. The van der Waals surface area contributed by atoms with Gasteiger partial charge >= 0.3 is 0 Å². The normalized spacial score (nSPS) is 13.1. The van der Waals surface area contributed by atoms with Gasteiger partial charge in [-0.3, -0.25) is 13.9 Å². The zero-order valence-electron chi connectivity index (χ0n) is 21.3. The van der Waals surface area contributed by atoms with Crippen molar-refractivity contribution >= 4 is 27.5 Å². The van der Waals surface area contributed by atoms with Gasteiger partial charge in [0.2, 0.25) is 21.8 Å². The molecule has 0 aromatic heterocycles. The van der Waals surface area contributed by atoms with Crippen LogP contribution in [0.3, 0.4) is 0 Å². The molecule has 1 N–H and O–H groups in total. The van der Waals surface area contributed by atoms with E-state index in [0.717, 1.165) is 39.2 Å². The van der Waals surface area contributed by atoms with Crippen molar-refractivity contribution in [2.24, 2.45) is 0 Å². The number of carbonyl (C=O) groups excluding carboxylic acids is 2. The third kappa shape index (κ3) is 7.06. The number of anilines is 1. The Bertz CT molecular complexity index is 1130. The summed E-state index contributed by atoms with van der Waals surface area (Å²) >= 11 is 0. The summed E-state index contributed by atoms with van der Waals surface area (Å²) in [6, 6.07) is 12.3. The smallest absolute Gasteiger partial charge is 0.244 e. The van der Waals surface area contributed by atoms with Crippen molar-refractivity contribution in [1.29, 1.82) is 0 Å². The lowest BCUT2D eigenvalue weighted by atomic mass is 10.1. The standard InChI is InChI=1S/C26H37N3O4S/c1-8-21(5)27-26(31)22(6)28(16-23-12-10-9-11-19(23)3)25(30)17-29(34(7,32)33)24-15-18(2)13-14-20(24)4/h9-15,21-22H,8,16-17H2,1-7H3,(H,27,31)/t21-,22-/m0/s1. The van der Waals surface area contributed by atoms with Crippen LogP contribution >= 0.6 is 0 Å². The Balaban J connectivity index is 2.45. The van der Waals surface area contributed by atoms with E-state index < -0.39 is 28.5 Å². The number of aryl methyl sites for hydroxylation is 3. The maximum absolute atomic E-state index is 13.6. The number of nitrogens with zero attached hydrogens (tertiary/aromatic N) is 2. The van der Waals surface area contributed by atoms with E-state index in [-0.39, 0.29) is 18.5 Å². The number of amides is 2. The first kappa shape index (κ1) is 27.4. The van der Waals surface area contributed by atoms with E-state index in [1.807, 2.05) is 71.0 Å². The van der Waals surface area contributed by atoms with Gasteiger partial charge in [0, 0.05) is 12.6 Å². The molecule has 2 atom stereocenters. The molecule has 0 spiro atoms. The van der Waals surface area contributed by atoms with Crippen LogP contribution in [0.4, 0.5) is 5.69 Å². The third-order valence-corrected chi connectivity index (χ3v) is 7.21. The first-order valence-corrected chi connectivity index (χ1v) is 13.4. The molecule has 2 aromatic carbocycles. The maximum Gasteiger partial charge on any atom is 0.244 e. The highest BCUT2D eigenvalue weighted by atomic mass is 32.2. The predicted molar refractivity (Wildman–Crippen MR) is 137 cm³/mol. The molecule has 0 aliphatic carbocycles. The van der Waals surface area contributed by atoms with Crippen molar-refractivity contribution in [3.63, 3.8) is 0 Å². The van der Waals surface area contributed by atoms with Gasteiger partial charge in [-0.25, -0.2) is 8.42 Å². The second-order valence-corrected chi connectivity index (χ2v) is 10.9. The molecule has 186 valence electrons. The summed E-state index contributed by atoms with van der Waals surface area (Å²) < 4.78 is 26.6. The molecular weight excluding hydrogens is 450 g/mol. The fourth-order valence-corrected chi connectivity index (χ4v) is 4.50. The summed E-state index contributed by atoms with van der Waals surface area (Å²) in [5.74, 6) is -0.713. The monoisotopic (exact) mass is 487 g/mol. The van der Waals surface area contributed by atoms with Crippen molar-refractivity contribution in [1.82, 2.24) is 10.2 Å². The van der Waals surface area contributed by atoms with E-state index in [9.17, 15) is 18.0 Å². The Kier molecular flexibility index (Phi) is 9.27. The summed E-state index contributed by atoms with van der Waals surface area (Å²) in [5, 5.41) is 2.93. The van der Waals surface area contributed by atoms with E-state index in [0.29, 0.717) is 5.69 Å². The number of hydrogen-bond acceptors (Lipinski definition) is 4. The summed E-state index contributed by atoms with van der Waals surface area (Å²) in [6.07, 6.45) is 1.85. The van der Waals surface area contributed by atoms with Crippen LogP contribution in [-0.2, 0) is 26.2 Å². The molecule has 0 aliphatic rings. The molecule has 0 aliphatic heterocycles. The van der Waals surface area contributed by atoms with Gasteiger partial charge in [-0.1, -0.05) is 43.3 Å². The lowest BCUT2D eigenvalue weighted by molar-refractivity contribution is -0.139. The van der Waals surface area contributed by atoms with Gasteiger partial charge in [-0.05, 0) is 69.4 Å². The number of hydrogen-bond donors (Lipinski definition) is 1. The second kappa shape index (κ2) is 11.5. The minimum Gasteiger partial charge on any atom is -0.352 e. The minimum absolute atomic E-state index is 0.0344. The number of sulfonamides is 1. The molecule has 34 heavy (non-hydrogen) atoms. The molecule has 0 bridgehead atoms. The highest BCUT2D eigenvalue weighted by molar-refractivity contribution is 7.92. The molecule has 0 fully saturated rings. The number of carbonyl (C=O) groups is 2. The van der Waals surface area contributed by atoms with Crippen LogP contribution in [-0.4, -0.2) is 50.0 Å². The topological polar surface area (TPSA) is 86.8 Å². The van der Waals surface area contributed by atoms with Gasteiger partial charge in [0.25, 0.3) is 0 Å². The van der Waals surface area contributed by atoms with Crippen molar-refractivity contribution in [3.8, 4) is 0 Å².